The topological polar surface area (TPSA) is 87.3 Å². The molecule has 0 aliphatic carbocycles. The van der Waals surface area contributed by atoms with Crippen LogP contribution in [0.3, 0.4) is 0 Å². The van der Waals surface area contributed by atoms with E-state index in [1.54, 1.807) is 66.7 Å². The summed E-state index contributed by atoms with van der Waals surface area (Å²) in [7, 11) is 0. The molecule has 9 heteroatoms. The summed E-state index contributed by atoms with van der Waals surface area (Å²) in [5.41, 5.74) is 4.30. The molecular formula is C33H29Cl2N3O3S. The van der Waals surface area contributed by atoms with Crippen LogP contribution in [0.5, 0.6) is 0 Å². The number of hydrogen-bond donors (Lipinski definition) is 3. The fourth-order valence-electron chi connectivity index (χ4n) is 3.94. The Labute approximate surface area is 259 Å². The van der Waals surface area contributed by atoms with Gasteiger partial charge in [-0.2, -0.15) is 0 Å². The monoisotopic (exact) mass is 617 g/mol. The Morgan fingerprint density at radius 2 is 1.57 bits per heavy atom. The van der Waals surface area contributed by atoms with Crippen LogP contribution in [0.4, 0.5) is 11.4 Å². The third-order valence-corrected chi connectivity index (χ3v) is 8.08. The number of rotatable bonds is 9. The summed E-state index contributed by atoms with van der Waals surface area (Å²) < 4.78 is 0. The summed E-state index contributed by atoms with van der Waals surface area (Å²) in [6.45, 7) is 5.80. The summed E-state index contributed by atoms with van der Waals surface area (Å²) in [5.74, 6) is -1.12. The first-order valence-electron chi connectivity index (χ1n) is 13.1. The van der Waals surface area contributed by atoms with Crippen LogP contribution in [0.15, 0.2) is 102 Å². The van der Waals surface area contributed by atoms with E-state index in [1.165, 1.54) is 17.8 Å². The zero-order valence-corrected chi connectivity index (χ0v) is 25.5. The van der Waals surface area contributed by atoms with Crippen LogP contribution < -0.4 is 16.0 Å². The van der Waals surface area contributed by atoms with Gasteiger partial charge in [0.05, 0.1) is 5.25 Å². The molecular weight excluding hydrogens is 589 g/mol. The molecule has 1 atom stereocenters. The van der Waals surface area contributed by atoms with Crippen LogP contribution in [-0.4, -0.2) is 23.0 Å². The van der Waals surface area contributed by atoms with Crippen molar-refractivity contribution in [1.29, 1.82) is 0 Å². The van der Waals surface area contributed by atoms with Crippen molar-refractivity contribution < 1.29 is 14.4 Å². The number of aryl methyl sites for hydroxylation is 1. The second kappa shape index (κ2) is 14.2. The van der Waals surface area contributed by atoms with Crippen molar-refractivity contribution in [2.24, 2.45) is 0 Å². The molecule has 0 saturated heterocycles. The Morgan fingerprint density at radius 3 is 2.31 bits per heavy atom. The van der Waals surface area contributed by atoms with E-state index in [4.69, 9.17) is 23.2 Å². The van der Waals surface area contributed by atoms with Gasteiger partial charge >= 0.3 is 0 Å². The van der Waals surface area contributed by atoms with E-state index in [0.29, 0.717) is 26.9 Å². The van der Waals surface area contributed by atoms with Gasteiger partial charge in [0.15, 0.2) is 0 Å². The molecule has 42 heavy (non-hydrogen) atoms. The fourth-order valence-corrected chi connectivity index (χ4v) is 5.33. The van der Waals surface area contributed by atoms with E-state index >= 15 is 0 Å². The van der Waals surface area contributed by atoms with E-state index in [-0.39, 0.29) is 11.6 Å². The standard InChI is InChI=1S/C33H29Cl2N3O3S/c1-20-9-7-14-29(21(20)2)37-31(39)22(3)42-27-13-8-12-26(19-27)36-33(41)30(17-24-15-16-25(34)18-28(24)35)38-32(40)23-10-5-4-6-11-23/h4-19,22H,1-3H3,(H,36,41)(H,37,39)(H,38,40)/b30-17+. The summed E-state index contributed by atoms with van der Waals surface area (Å²) in [5, 5.41) is 8.91. The van der Waals surface area contributed by atoms with Gasteiger partial charge in [0.1, 0.15) is 5.70 Å². The molecule has 0 bridgehead atoms. The number of anilines is 2. The predicted molar refractivity (Wildman–Crippen MR) is 173 cm³/mol. The van der Waals surface area contributed by atoms with Gasteiger partial charge < -0.3 is 16.0 Å². The predicted octanol–water partition coefficient (Wildman–Crippen LogP) is 8.14. The van der Waals surface area contributed by atoms with Crippen molar-refractivity contribution in [3.63, 3.8) is 0 Å². The van der Waals surface area contributed by atoms with Crippen molar-refractivity contribution in [1.82, 2.24) is 5.32 Å². The molecule has 0 fully saturated rings. The Bertz CT molecular complexity index is 1660. The number of amides is 3. The van der Waals surface area contributed by atoms with Gasteiger partial charge in [0.25, 0.3) is 11.8 Å². The number of benzene rings is 4. The lowest BCUT2D eigenvalue weighted by Crippen LogP contribution is -2.30. The first-order valence-corrected chi connectivity index (χ1v) is 14.7. The Hall–Kier alpha value is -4.04. The highest BCUT2D eigenvalue weighted by molar-refractivity contribution is 8.00. The highest BCUT2D eigenvalue weighted by Crippen LogP contribution is 2.28. The molecule has 214 valence electrons. The fraction of sp³-hybridized carbons (Fsp3) is 0.121. The Kier molecular flexibility index (Phi) is 10.5. The summed E-state index contributed by atoms with van der Waals surface area (Å²) >= 11 is 13.7. The van der Waals surface area contributed by atoms with Crippen molar-refractivity contribution in [2.75, 3.05) is 10.6 Å². The average Bonchev–Trinajstić information content (AvgIpc) is 2.97. The van der Waals surface area contributed by atoms with E-state index in [1.807, 2.05) is 45.0 Å². The quantitative estimate of drug-likeness (QED) is 0.131. The van der Waals surface area contributed by atoms with Crippen LogP contribution >= 0.6 is 35.0 Å². The molecule has 0 saturated carbocycles. The molecule has 4 aromatic carbocycles. The number of halogens is 2. The van der Waals surface area contributed by atoms with E-state index in [9.17, 15) is 14.4 Å². The van der Waals surface area contributed by atoms with Gasteiger partial charge in [-0.1, -0.05) is 65.7 Å². The summed E-state index contributed by atoms with van der Waals surface area (Å²) in [4.78, 5) is 40.0. The highest BCUT2D eigenvalue weighted by atomic mass is 35.5. The number of hydrogen-bond acceptors (Lipinski definition) is 4. The molecule has 0 aliphatic heterocycles. The van der Waals surface area contributed by atoms with E-state index in [0.717, 1.165) is 21.7 Å². The van der Waals surface area contributed by atoms with Crippen molar-refractivity contribution >= 4 is 70.1 Å². The van der Waals surface area contributed by atoms with Crippen LogP contribution in [0.25, 0.3) is 6.08 Å². The third kappa shape index (κ3) is 8.26. The number of carbonyl (C=O) groups is 3. The van der Waals surface area contributed by atoms with Gasteiger partial charge in [0.2, 0.25) is 5.91 Å². The molecule has 6 nitrogen and oxygen atoms in total. The maximum absolute atomic E-state index is 13.4. The largest absolute Gasteiger partial charge is 0.325 e. The van der Waals surface area contributed by atoms with Gasteiger partial charge in [-0.25, -0.2) is 0 Å². The maximum Gasteiger partial charge on any atom is 0.272 e. The Balaban J connectivity index is 1.50. The molecule has 0 aromatic heterocycles. The third-order valence-electron chi connectivity index (χ3n) is 6.43. The molecule has 1 unspecified atom stereocenters. The Morgan fingerprint density at radius 1 is 0.833 bits per heavy atom. The molecule has 0 spiro atoms. The minimum absolute atomic E-state index is 0.00704. The average molecular weight is 619 g/mol. The van der Waals surface area contributed by atoms with Crippen molar-refractivity contribution in [3.05, 3.63) is 129 Å². The van der Waals surface area contributed by atoms with Crippen LogP contribution in [0, 0.1) is 13.8 Å². The maximum atomic E-state index is 13.4. The normalized spacial score (nSPS) is 11.9. The molecule has 0 heterocycles. The zero-order valence-electron chi connectivity index (χ0n) is 23.2. The lowest BCUT2D eigenvalue weighted by molar-refractivity contribution is -0.115. The van der Waals surface area contributed by atoms with Gasteiger partial charge in [-0.3, -0.25) is 14.4 Å². The molecule has 4 aromatic rings. The van der Waals surface area contributed by atoms with Crippen LogP contribution in [0.1, 0.15) is 34.0 Å². The van der Waals surface area contributed by atoms with Crippen molar-refractivity contribution in [2.45, 2.75) is 30.9 Å². The second-order valence-corrected chi connectivity index (χ2v) is 11.8. The molecule has 4 rings (SSSR count). The van der Waals surface area contributed by atoms with Crippen LogP contribution in [-0.2, 0) is 9.59 Å². The minimum Gasteiger partial charge on any atom is -0.325 e. The van der Waals surface area contributed by atoms with E-state index < -0.39 is 17.1 Å². The van der Waals surface area contributed by atoms with E-state index in [2.05, 4.69) is 16.0 Å². The second-order valence-electron chi connectivity index (χ2n) is 9.52. The zero-order chi connectivity index (χ0) is 30.2. The summed E-state index contributed by atoms with van der Waals surface area (Å²) in [6, 6.07) is 26.4. The SMILES string of the molecule is Cc1cccc(NC(=O)C(C)Sc2cccc(NC(=O)/C(=C\c3ccc(Cl)cc3Cl)NC(=O)c3ccccc3)c2)c1C. The number of nitrogens with one attached hydrogen (secondary N) is 3. The minimum atomic E-state index is -0.548. The number of thioether (sulfide) groups is 1. The molecule has 0 radical (unpaired) electrons. The molecule has 0 aliphatic rings. The van der Waals surface area contributed by atoms with Gasteiger partial charge in [-0.05, 0) is 92.1 Å². The molecule has 3 amide bonds. The first-order chi connectivity index (χ1) is 20.1. The number of carbonyl (C=O) groups excluding carboxylic acids is 3. The van der Waals surface area contributed by atoms with Gasteiger partial charge in [0, 0.05) is 31.9 Å². The van der Waals surface area contributed by atoms with Gasteiger partial charge in [-0.15, -0.1) is 11.8 Å². The lowest BCUT2D eigenvalue weighted by Gasteiger charge is -2.15. The molecule has 3 N–H and O–H groups in total. The van der Waals surface area contributed by atoms with Crippen molar-refractivity contribution in [3.8, 4) is 0 Å². The first kappa shape index (κ1) is 30.9. The van der Waals surface area contributed by atoms with Crippen LogP contribution in [0.2, 0.25) is 10.0 Å². The highest BCUT2D eigenvalue weighted by Gasteiger charge is 2.18. The summed E-state index contributed by atoms with van der Waals surface area (Å²) in [6.07, 6.45) is 1.49. The smallest absolute Gasteiger partial charge is 0.272 e. The lowest BCUT2D eigenvalue weighted by atomic mass is 10.1.